The van der Waals surface area contributed by atoms with Crippen LogP contribution in [-0.4, -0.2) is 24.5 Å². The van der Waals surface area contributed by atoms with Crippen LogP contribution in [0.3, 0.4) is 0 Å². The Labute approximate surface area is 167 Å². The van der Waals surface area contributed by atoms with Crippen molar-refractivity contribution >= 4 is 64.8 Å². The zero-order valence-electron chi connectivity index (χ0n) is 14.0. The van der Waals surface area contributed by atoms with Crippen molar-refractivity contribution < 1.29 is 0 Å². The molecule has 6 nitrogen and oxygen atoms in total. The van der Waals surface area contributed by atoms with Crippen molar-refractivity contribution in [3.8, 4) is 0 Å². The number of rotatable bonds is 4. The first kappa shape index (κ1) is 20.1. The highest BCUT2D eigenvalue weighted by Crippen LogP contribution is 2.25. The van der Waals surface area contributed by atoms with E-state index >= 15 is 0 Å². The van der Waals surface area contributed by atoms with E-state index in [1.165, 1.54) is 0 Å². The standard InChI is InChI=1S/C17H16N6S.2ClH/c1-2-23-15-7-13-12(6-14(15)22-17(23)24)16(21-10-20-13)19-9-11-4-3-5-18-8-11;;/h3-8,10H,2,9H2,1H3,(H,22,24)(H,19,20,21);2*1H. The average molecular weight is 409 g/mol. The third-order valence-electron chi connectivity index (χ3n) is 4.03. The molecule has 0 radical (unpaired) electrons. The number of anilines is 1. The molecule has 9 heteroatoms. The van der Waals surface area contributed by atoms with E-state index in [2.05, 4.69) is 48.9 Å². The van der Waals surface area contributed by atoms with Crippen LogP contribution in [-0.2, 0) is 13.1 Å². The second-order valence-corrected chi connectivity index (χ2v) is 5.88. The zero-order valence-corrected chi connectivity index (χ0v) is 16.4. The molecule has 2 N–H and O–H groups in total. The molecule has 3 aromatic heterocycles. The van der Waals surface area contributed by atoms with E-state index in [4.69, 9.17) is 12.2 Å². The summed E-state index contributed by atoms with van der Waals surface area (Å²) in [6, 6.07) is 8.06. The number of pyridine rings is 1. The van der Waals surface area contributed by atoms with E-state index in [0.29, 0.717) is 6.54 Å². The minimum absolute atomic E-state index is 0. The van der Waals surface area contributed by atoms with Gasteiger partial charge in [-0.05, 0) is 42.9 Å². The Hall–Kier alpha value is -2.22. The highest BCUT2D eigenvalue weighted by atomic mass is 35.5. The number of nitrogens with one attached hydrogen (secondary N) is 2. The normalized spacial score (nSPS) is 10.3. The third-order valence-corrected chi connectivity index (χ3v) is 4.35. The summed E-state index contributed by atoms with van der Waals surface area (Å²) in [4.78, 5) is 16.2. The van der Waals surface area contributed by atoms with Crippen molar-refractivity contribution in [2.75, 3.05) is 5.32 Å². The van der Waals surface area contributed by atoms with Crippen molar-refractivity contribution in [2.24, 2.45) is 0 Å². The van der Waals surface area contributed by atoms with Crippen LogP contribution < -0.4 is 5.32 Å². The van der Waals surface area contributed by atoms with Crippen LogP contribution in [0.15, 0.2) is 43.0 Å². The van der Waals surface area contributed by atoms with Gasteiger partial charge in [-0.15, -0.1) is 24.8 Å². The first-order valence-electron chi connectivity index (χ1n) is 7.76. The van der Waals surface area contributed by atoms with Crippen LogP contribution in [0, 0.1) is 4.77 Å². The summed E-state index contributed by atoms with van der Waals surface area (Å²) < 4.78 is 2.79. The van der Waals surface area contributed by atoms with E-state index < -0.39 is 0 Å². The number of aromatic nitrogens is 5. The Kier molecular flexibility index (Phi) is 6.52. The smallest absolute Gasteiger partial charge is 0.178 e. The number of H-pyrrole nitrogens is 1. The average Bonchev–Trinajstić information content (AvgIpc) is 2.93. The van der Waals surface area contributed by atoms with Crippen molar-refractivity contribution in [3.05, 3.63) is 53.3 Å². The molecule has 0 fully saturated rings. The Morgan fingerprint density at radius 2 is 2.08 bits per heavy atom. The van der Waals surface area contributed by atoms with Crippen LogP contribution in [0.5, 0.6) is 0 Å². The van der Waals surface area contributed by atoms with Crippen LogP contribution in [0.2, 0.25) is 0 Å². The van der Waals surface area contributed by atoms with E-state index in [9.17, 15) is 0 Å². The summed E-state index contributed by atoms with van der Waals surface area (Å²) in [6.07, 6.45) is 5.19. The van der Waals surface area contributed by atoms with Crippen molar-refractivity contribution in [1.82, 2.24) is 24.5 Å². The van der Waals surface area contributed by atoms with Gasteiger partial charge in [-0.1, -0.05) is 6.07 Å². The molecule has 0 saturated carbocycles. The first-order valence-corrected chi connectivity index (χ1v) is 8.17. The monoisotopic (exact) mass is 408 g/mol. The Morgan fingerprint density at radius 3 is 2.81 bits per heavy atom. The van der Waals surface area contributed by atoms with E-state index in [-0.39, 0.29) is 24.8 Å². The summed E-state index contributed by atoms with van der Waals surface area (Å²) in [7, 11) is 0. The molecule has 0 bridgehead atoms. The zero-order chi connectivity index (χ0) is 16.5. The highest BCUT2D eigenvalue weighted by molar-refractivity contribution is 7.71. The third kappa shape index (κ3) is 3.65. The number of benzene rings is 1. The minimum Gasteiger partial charge on any atom is -0.365 e. The Bertz CT molecular complexity index is 1080. The van der Waals surface area contributed by atoms with Crippen molar-refractivity contribution in [1.29, 1.82) is 0 Å². The molecule has 4 aromatic rings. The van der Waals surface area contributed by atoms with Gasteiger partial charge in [0.15, 0.2) is 4.77 Å². The number of aryl methyl sites for hydroxylation is 1. The van der Waals surface area contributed by atoms with E-state index in [1.807, 2.05) is 18.3 Å². The Balaban J connectivity index is 0.00000121. The van der Waals surface area contributed by atoms with Gasteiger partial charge in [0.2, 0.25) is 0 Å². The lowest BCUT2D eigenvalue weighted by Gasteiger charge is -2.09. The molecule has 4 rings (SSSR count). The molecule has 0 atom stereocenters. The van der Waals surface area contributed by atoms with Gasteiger partial charge >= 0.3 is 0 Å². The van der Waals surface area contributed by atoms with Gasteiger partial charge in [-0.3, -0.25) is 4.98 Å². The van der Waals surface area contributed by atoms with Crippen LogP contribution in [0.25, 0.3) is 21.9 Å². The molecule has 0 aliphatic carbocycles. The lowest BCUT2D eigenvalue weighted by Crippen LogP contribution is -2.03. The number of aromatic amines is 1. The fourth-order valence-electron chi connectivity index (χ4n) is 2.85. The fraction of sp³-hybridized carbons (Fsp3) is 0.176. The van der Waals surface area contributed by atoms with Gasteiger partial charge in [-0.25, -0.2) is 9.97 Å². The topological polar surface area (TPSA) is 71.4 Å². The molecule has 3 heterocycles. The summed E-state index contributed by atoms with van der Waals surface area (Å²) in [5.41, 5.74) is 4.05. The maximum Gasteiger partial charge on any atom is 0.178 e. The second-order valence-electron chi connectivity index (χ2n) is 5.50. The molecule has 26 heavy (non-hydrogen) atoms. The number of imidazole rings is 1. The van der Waals surface area contributed by atoms with E-state index in [1.54, 1.807) is 12.5 Å². The molecule has 0 spiro atoms. The first-order chi connectivity index (χ1) is 11.8. The van der Waals surface area contributed by atoms with Gasteiger partial charge in [0.1, 0.15) is 12.1 Å². The van der Waals surface area contributed by atoms with Gasteiger partial charge in [0, 0.05) is 30.9 Å². The maximum absolute atomic E-state index is 5.39. The van der Waals surface area contributed by atoms with E-state index in [0.717, 1.165) is 44.6 Å². The number of fused-ring (bicyclic) bond motifs is 2. The van der Waals surface area contributed by atoms with Gasteiger partial charge in [-0.2, -0.15) is 0 Å². The lowest BCUT2D eigenvalue weighted by atomic mass is 10.2. The van der Waals surface area contributed by atoms with Gasteiger partial charge in [0.25, 0.3) is 0 Å². The number of nitrogens with zero attached hydrogens (tertiary/aromatic N) is 4. The SMILES string of the molecule is CCn1c(=S)[nH]c2cc3c(NCc4cccnc4)ncnc3cc21.Cl.Cl. The molecule has 0 amide bonds. The van der Waals surface area contributed by atoms with Crippen molar-refractivity contribution in [2.45, 2.75) is 20.0 Å². The molecular formula is C17H18Cl2N6S. The number of hydrogen-bond donors (Lipinski definition) is 2. The predicted octanol–water partition coefficient (Wildman–Crippen LogP) is 4.51. The minimum atomic E-state index is 0. The predicted molar refractivity (Wildman–Crippen MR) is 112 cm³/mol. The van der Waals surface area contributed by atoms with Crippen LogP contribution >= 0.6 is 37.0 Å². The summed E-state index contributed by atoms with van der Waals surface area (Å²) in [5.74, 6) is 0.800. The van der Waals surface area contributed by atoms with Crippen LogP contribution in [0.4, 0.5) is 5.82 Å². The molecular weight excluding hydrogens is 391 g/mol. The quantitative estimate of drug-likeness (QED) is 0.485. The molecule has 0 saturated heterocycles. The van der Waals surface area contributed by atoms with Gasteiger partial charge < -0.3 is 14.9 Å². The summed E-state index contributed by atoms with van der Waals surface area (Å²) in [6.45, 7) is 3.56. The second kappa shape index (κ2) is 8.44. The Morgan fingerprint density at radius 1 is 1.23 bits per heavy atom. The van der Waals surface area contributed by atoms with Gasteiger partial charge in [0.05, 0.1) is 16.6 Å². The number of halogens is 2. The highest BCUT2D eigenvalue weighted by Gasteiger charge is 2.09. The molecule has 0 aliphatic rings. The summed E-state index contributed by atoms with van der Waals surface area (Å²) >= 11 is 5.39. The summed E-state index contributed by atoms with van der Waals surface area (Å²) in [5, 5.41) is 4.33. The maximum atomic E-state index is 5.39. The largest absolute Gasteiger partial charge is 0.365 e. The molecule has 1 aromatic carbocycles. The number of hydrogen-bond acceptors (Lipinski definition) is 5. The molecule has 0 aliphatic heterocycles. The van der Waals surface area contributed by atoms with Crippen LogP contribution in [0.1, 0.15) is 12.5 Å². The molecule has 136 valence electrons. The fourth-order valence-corrected chi connectivity index (χ4v) is 3.19. The van der Waals surface area contributed by atoms with Crippen molar-refractivity contribution in [3.63, 3.8) is 0 Å². The molecule has 0 unspecified atom stereocenters. The lowest BCUT2D eigenvalue weighted by molar-refractivity contribution is 0.774.